The van der Waals surface area contributed by atoms with E-state index in [9.17, 15) is 19.5 Å². The summed E-state index contributed by atoms with van der Waals surface area (Å²) in [5, 5.41) is 10.0. The van der Waals surface area contributed by atoms with Gasteiger partial charge in [-0.2, -0.15) is 0 Å². The van der Waals surface area contributed by atoms with E-state index >= 15 is 0 Å². The van der Waals surface area contributed by atoms with E-state index in [0.717, 1.165) is 32.6 Å². The van der Waals surface area contributed by atoms with Gasteiger partial charge in [0, 0.05) is 0 Å². The van der Waals surface area contributed by atoms with Crippen molar-refractivity contribution in [1.29, 1.82) is 0 Å². The average Bonchev–Trinajstić information content (AvgIpc) is 2.46. The molecule has 0 saturated carbocycles. The van der Waals surface area contributed by atoms with Crippen molar-refractivity contribution in [2.24, 2.45) is 0 Å². The molecule has 1 atom stereocenters. The van der Waals surface area contributed by atoms with Crippen LogP contribution in [0.15, 0.2) is 0 Å². The summed E-state index contributed by atoms with van der Waals surface area (Å²) in [5.41, 5.74) is -2.45. The van der Waals surface area contributed by atoms with Gasteiger partial charge in [-0.3, -0.25) is 9.59 Å². The van der Waals surface area contributed by atoms with Crippen LogP contribution in [0.5, 0.6) is 0 Å². The second-order valence-electron chi connectivity index (χ2n) is 5.30. The van der Waals surface area contributed by atoms with Gasteiger partial charge in [0.15, 0.2) is 5.78 Å². The minimum Gasteiger partial charge on any atom is -0.466 e. The van der Waals surface area contributed by atoms with Crippen LogP contribution < -0.4 is 0 Å². The fraction of sp³-hybridized carbons (Fsp3) is 0.812. The molecule has 1 unspecified atom stereocenters. The van der Waals surface area contributed by atoms with Crippen LogP contribution in [0.3, 0.4) is 0 Å². The highest BCUT2D eigenvalue weighted by Crippen LogP contribution is 2.16. The number of hydrogen-bond acceptors (Lipinski definition) is 6. The van der Waals surface area contributed by atoms with Crippen LogP contribution in [0.25, 0.3) is 0 Å². The number of aliphatic hydroxyl groups is 1. The molecule has 0 bridgehead atoms. The van der Waals surface area contributed by atoms with Crippen LogP contribution in [0, 0.1) is 0 Å². The van der Waals surface area contributed by atoms with Crippen molar-refractivity contribution in [3.05, 3.63) is 0 Å². The molecule has 0 aromatic rings. The molecular weight excluding hydrogens is 288 g/mol. The Hall–Kier alpha value is -1.43. The molecular formula is C16H28O6. The smallest absolute Gasteiger partial charge is 0.346 e. The monoisotopic (exact) mass is 316 g/mol. The minimum absolute atomic E-state index is 0.0151. The van der Waals surface area contributed by atoms with Crippen molar-refractivity contribution in [2.75, 3.05) is 13.2 Å². The molecule has 0 heterocycles. The molecule has 0 amide bonds. The van der Waals surface area contributed by atoms with Gasteiger partial charge >= 0.3 is 11.9 Å². The third-order valence-electron chi connectivity index (χ3n) is 3.36. The van der Waals surface area contributed by atoms with E-state index in [1.165, 1.54) is 12.8 Å². The number of ketones is 1. The number of carbonyl (C=O) groups is 3. The van der Waals surface area contributed by atoms with Crippen LogP contribution in [-0.4, -0.2) is 41.6 Å². The molecule has 0 radical (unpaired) electrons. The van der Waals surface area contributed by atoms with Crippen molar-refractivity contribution in [2.45, 2.75) is 71.3 Å². The first-order valence-corrected chi connectivity index (χ1v) is 7.94. The summed E-state index contributed by atoms with van der Waals surface area (Å²) in [5.74, 6) is -2.72. The van der Waals surface area contributed by atoms with Crippen LogP contribution in [0.4, 0.5) is 0 Å². The summed E-state index contributed by atoms with van der Waals surface area (Å²) >= 11 is 0. The summed E-state index contributed by atoms with van der Waals surface area (Å²) in [6.07, 6.45) is 5.60. The first kappa shape index (κ1) is 20.6. The summed E-state index contributed by atoms with van der Waals surface area (Å²) in [6, 6.07) is 0. The number of carbonyl (C=O) groups excluding carboxylic acids is 3. The van der Waals surface area contributed by atoms with Crippen molar-refractivity contribution in [3.63, 3.8) is 0 Å². The maximum atomic E-state index is 11.7. The standard InChI is InChI=1S/C16H28O6/c1-4-6-7-8-9-10-11-22-14(18)12-16(20,13(3)17)15(19)21-5-2/h20H,4-12H2,1-3H3. The van der Waals surface area contributed by atoms with E-state index < -0.39 is 29.7 Å². The van der Waals surface area contributed by atoms with E-state index in [2.05, 4.69) is 11.7 Å². The van der Waals surface area contributed by atoms with Gasteiger partial charge in [0.2, 0.25) is 5.60 Å². The Morgan fingerprint density at radius 3 is 2.09 bits per heavy atom. The third kappa shape index (κ3) is 7.54. The zero-order valence-electron chi connectivity index (χ0n) is 13.9. The Morgan fingerprint density at radius 1 is 0.955 bits per heavy atom. The third-order valence-corrected chi connectivity index (χ3v) is 3.36. The lowest BCUT2D eigenvalue weighted by Crippen LogP contribution is -2.48. The van der Waals surface area contributed by atoms with Gasteiger partial charge in [0.05, 0.1) is 19.6 Å². The molecule has 0 aliphatic carbocycles. The van der Waals surface area contributed by atoms with Crippen molar-refractivity contribution < 1.29 is 29.0 Å². The van der Waals surface area contributed by atoms with Gasteiger partial charge in [0.1, 0.15) is 0 Å². The summed E-state index contributed by atoms with van der Waals surface area (Å²) < 4.78 is 9.60. The zero-order chi connectivity index (χ0) is 17.0. The number of rotatable bonds is 12. The lowest BCUT2D eigenvalue weighted by Gasteiger charge is -2.21. The van der Waals surface area contributed by atoms with E-state index in [0.29, 0.717) is 0 Å². The topological polar surface area (TPSA) is 89.9 Å². The molecule has 22 heavy (non-hydrogen) atoms. The Bertz CT molecular complexity index is 366. The minimum atomic E-state index is -2.45. The highest BCUT2D eigenvalue weighted by molar-refractivity contribution is 6.08. The van der Waals surface area contributed by atoms with Gasteiger partial charge < -0.3 is 14.6 Å². The summed E-state index contributed by atoms with van der Waals surface area (Å²) in [4.78, 5) is 34.7. The van der Waals surface area contributed by atoms with Crippen molar-refractivity contribution in [1.82, 2.24) is 0 Å². The molecule has 128 valence electrons. The molecule has 0 fully saturated rings. The maximum Gasteiger partial charge on any atom is 0.346 e. The average molecular weight is 316 g/mol. The first-order chi connectivity index (χ1) is 10.4. The number of hydrogen-bond donors (Lipinski definition) is 1. The molecule has 0 aliphatic rings. The van der Waals surface area contributed by atoms with E-state index in [1.807, 2.05) is 0 Å². The Morgan fingerprint density at radius 2 is 1.55 bits per heavy atom. The second-order valence-corrected chi connectivity index (χ2v) is 5.30. The quantitative estimate of drug-likeness (QED) is 0.337. The van der Waals surface area contributed by atoms with Gasteiger partial charge in [0.25, 0.3) is 0 Å². The van der Waals surface area contributed by atoms with Gasteiger partial charge in [-0.25, -0.2) is 4.79 Å². The molecule has 6 nitrogen and oxygen atoms in total. The van der Waals surface area contributed by atoms with Crippen LogP contribution >= 0.6 is 0 Å². The molecule has 0 aromatic carbocycles. The lowest BCUT2D eigenvalue weighted by molar-refractivity contribution is -0.175. The Balaban J connectivity index is 4.15. The highest BCUT2D eigenvalue weighted by Gasteiger charge is 2.45. The normalized spacial score (nSPS) is 13.3. The van der Waals surface area contributed by atoms with Crippen LogP contribution in [-0.2, 0) is 23.9 Å². The van der Waals surface area contributed by atoms with Crippen LogP contribution in [0.1, 0.15) is 65.7 Å². The maximum absolute atomic E-state index is 11.7. The number of Topliss-reactive ketones (excluding diaryl/α,β-unsaturated/α-hetero) is 1. The molecule has 0 rings (SSSR count). The van der Waals surface area contributed by atoms with Crippen molar-refractivity contribution >= 4 is 17.7 Å². The predicted octanol–water partition coefficient (Wildman–Crippen LogP) is 2.16. The number of unbranched alkanes of at least 4 members (excludes halogenated alkanes) is 5. The van der Waals surface area contributed by atoms with Gasteiger partial charge in [-0.15, -0.1) is 0 Å². The fourth-order valence-electron chi connectivity index (χ4n) is 1.92. The fourth-order valence-corrected chi connectivity index (χ4v) is 1.92. The molecule has 1 N–H and O–H groups in total. The Labute approximate surface area is 132 Å². The van der Waals surface area contributed by atoms with E-state index in [-0.39, 0.29) is 13.2 Å². The molecule has 0 saturated heterocycles. The van der Waals surface area contributed by atoms with E-state index in [4.69, 9.17) is 4.74 Å². The first-order valence-electron chi connectivity index (χ1n) is 7.94. The highest BCUT2D eigenvalue weighted by atomic mass is 16.6. The molecule has 0 aliphatic heterocycles. The lowest BCUT2D eigenvalue weighted by atomic mass is 9.95. The predicted molar refractivity (Wildman–Crippen MR) is 81.2 cm³/mol. The van der Waals surface area contributed by atoms with Gasteiger partial charge in [-0.1, -0.05) is 39.0 Å². The molecule has 0 aromatic heterocycles. The zero-order valence-corrected chi connectivity index (χ0v) is 13.9. The second kappa shape index (κ2) is 11.2. The van der Waals surface area contributed by atoms with E-state index in [1.54, 1.807) is 6.92 Å². The number of ether oxygens (including phenoxy) is 2. The van der Waals surface area contributed by atoms with Crippen molar-refractivity contribution in [3.8, 4) is 0 Å². The molecule has 0 spiro atoms. The molecule has 6 heteroatoms. The van der Waals surface area contributed by atoms with Crippen LogP contribution in [0.2, 0.25) is 0 Å². The summed E-state index contributed by atoms with van der Waals surface area (Å²) in [6.45, 7) is 4.97. The Kier molecular flexibility index (Phi) is 10.5. The largest absolute Gasteiger partial charge is 0.466 e. The summed E-state index contributed by atoms with van der Waals surface area (Å²) in [7, 11) is 0. The SMILES string of the molecule is CCCCCCCCOC(=O)CC(O)(C(C)=O)C(=O)OCC. The number of esters is 2. The van der Waals surface area contributed by atoms with Gasteiger partial charge in [-0.05, 0) is 20.3 Å².